The van der Waals surface area contributed by atoms with Gasteiger partial charge in [-0.05, 0) is 23.8 Å². The van der Waals surface area contributed by atoms with E-state index in [-0.39, 0.29) is 23.8 Å². The Morgan fingerprint density at radius 2 is 2.35 bits per heavy atom. The topological polar surface area (TPSA) is 69.6 Å². The van der Waals surface area contributed by atoms with Crippen LogP contribution in [0.3, 0.4) is 0 Å². The molecule has 0 radical (unpaired) electrons. The van der Waals surface area contributed by atoms with Crippen molar-refractivity contribution in [2.24, 2.45) is 5.92 Å². The maximum absolute atomic E-state index is 12.0. The molecule has 2 rings (SSSR count). The van der Waals surface area contributed by atoms with Crippen LogP contribution in [0.1, 0.15) is 29.4 Å². The fraction of sp³-hybridized carbons (Fsp3) is 0.571. The normalized spacial score (nSPS) is 22.6. The third-order valence-corrected chi connectivity index (χ3v) is 4.45. The Bertz CT molecular complexity index is 461. The minimum Gasteiger partial charge on any atom is -0.393 e. The molecule has 2 unspecified atom stereocenters. The molecule has 2 heterocycles. The van der Waals surface area contributed by atoms with E-state index in [4.69, 9.17) is 0 Å². The van der Waals surface area contributed by atoms with Crippen molar-refractivity contribution in [3.8, 4) is 0 Å². The van der Waals surface area contributed by atoms with Gasteiger partial charge in [0.1, 0.15) is 0 Å². The maximum Gasteiger partial charge on any atom is 0.261 e. The van der Waals surface area contributed by atoms with E-state index in [9.17, 15) is 14.7 Å². The number of rotatable bonds is 4. The second kappa shape index (κ2) is 6.85. The summed E-state index contributed by atoms with van der Waals surface area (Å²) in [5.41, 5.74) is 0. The fourth-order valence-electron chi connectivity index (χ4n) is 2.30. The number of carbonyl (C=O) groups is 2. The lowest BCUT2D eigenvalue weighted by atomic mass is 9.96. The molecule has 6 heteroatoms. The van der Waals surface area contributed by atoms with E-state index in [0.717, 1.165) is 0 Å². The van der Waals surface area contributed by atoms with Gasteiger partial charge in [-0.2, -0.15) is 0 Å². The highest BCUT2D eigenvalue weighted by atomic mass is 32.1. The van der Waals surface area contributed by atoms with Crippen LogP contribution in [0.5, 0.6) is 0 Å². The average Bonchev–Trinajstić information content (AvgIpc) is 2.95. The highest BCUT2D eigenvalue weighted by Crippen LogP contribution is 2.17. The number of nitrogens with one attached hydrogen (secondary N) is 1. The third-order valence-electron chi connectivity index (χ3n) is 3.58. The molecule has 1 fully saturated rings. The maximum atomic E-state index is 12.0. The molecule has 2 amide bonds. The van der Waals surface area contributed by atoms with Crippen molar-refractivity contribution in [2.45, 2.75) is 25.9 Å². The molecule has 2 atom stereocenters. The number of hydrogen-bond donors (Lipinski definition) is 2. The summed E-state index contributed by atoms with van der Waals surface area (Å²) in [5, 5.41) is 14.2. The summed E-state index contributed by atoms with van der Waals surface area (Å²) in [5.74, 6) is 0.0267. The summed E-state index contributed by atoms with van der Waals surface area (Å²) in [4.78, 5) is 26.1. The van der Waals surface area contributed by atoms with Gasteiger partial charge in [-0.1, -0.05) is 13.0 Å². The number of thiophene rings is 1. The number of aliphatic hydroxyl groups is 1. The van der Waals surface area contributed by atoms with Gasteiger partial charge in [0.15, 0.2) is 0 Å². The van der Waals surface area contributed by atoms with E-state index in [2.05, 4.69) is 5.32 Å². The van der Waals surface area contributed by atoms with Crippen LogP contribution in [0, 0.1) is 5.92 Å². The van der Waals surface area contributed by atoms with Gasteiger partial charge in [-0.3, -0.25) is 9.59 Å². The molecular formula is C14H20N2O3S. The molecule has 1 aromatic heterocycles. The number of aliphatic hydroxyl groups excluding tert-OH is 1. The molecule has 0 saturated carbocycles. The molecule has 1 aromatic rings. The van der Waals surface area contributed by atoms with Crippen molar-refractivity contribution in [2.75, 3.05) is 19.6 Å². The summed E-state index contributed by atoms with van der Waals surface area (Å²) >= 11 is 1.38. The Morgan fingerprint density at radius 1 is 1.55 bits per heavy atom. The van der Waals surface area contributed by atoms with Crippen LogP contribution >= 0.6 is 11.3 Å². The first-order chi connectivity index (χ1) is 9.58. The zero-order valence-corrected chi connectivity index (χ0v) is 12.4. The Kier molecular flexibility index (Phi) is 5.14. The first-order valence-corrected chi connectivity index (χ1v) is 7.73. The number of amides is 2. The van der Waals surface area contributed by atoms with Gasteiger partial charge in [0.25, 0.3) is 5.91 Å². The minimum atomic E-state index is -0.308. The second-order valence-corrected chi connectivity index (χ2v) is 6.10. The summed E-state index contributed by atoms with van der Waals surface area (Å²) < 4.78 is 0. The molecule has 1 aliphatic heterocycles. The standard InChI is InChI=1S/C14H20N2O3S/c1-10-9-16(7-5-11(10)17)13(18)4-6-15-14(19)12-3-2-8-20-12/h2-3,8,10-11,17H,4-7,9H2,1H3,(H,15,19). The molecule has 5 nitrogen and oxygen atoms in total. The second-order valence-electron chi connectivity index (χ2n) is 5.16. The lowest BCUT2D eigenvalue weighted by Gasteiger charge is -2.34. The van der Waals surface area contributed by atoms with Crippen molar-refractivity contribution in [3.63, 3.8) is 0 Å². The fourth-order valence-corrected chi connectivity index (χ4v) is 2.94. The van der Waals surface area contributed by atoms with E-state index in [1.807, 2.05) is 18.4 Å². The molecule has 110 valence electrons. The van der Waals surface area contributed by atoms with E-state index >= 15 is 0 Å². The molecule has 20 heavy (non-hydrogen) atoms. The van der Waals surface area contributed by atoms with E-state index < -0.39 is 0 Å². The summed E-state index contributed by atoms with van der Waals surface area (Å²) in [6, 6.07) is 3.58. The van der Waals surface area contributed by atoms with Crippen LogP contribution in [-0.4, -0.2) is 47.6 Å². The molecule has 0 spiro atoms. The summed E-state index contributed by atoms with van der Waals surface area (Å²) in [7, 11) is 0. The molecule has 0 aliphatic carbocycles. The summed E-state index contributed by atoms with van der Waals surface area (Å²) in [6.07, 6.45) is 0.631. The van der Waals surface area contributed by atoms with Crippen molar-refractivity contribution in [1.82, 2.24) is 10.2 Å². The van der Waals surface area contributed by atoms with Crippen molar-refractivity contribution >= 4 is 23.2 Å². The van der Waals surface area contributed by atoms with Gasteiger partial charge in [0.05, 0.1) is 11.0 Å². The quantitative estimate of drug-likeness (QED) is 0.874. The molecular weight excluding hydrogens is 276 g/mol. The first-order valence-electron chi connectivity index (χ1n) is 6.85. The third kappa shape index (κ3) is 3.80. The SMILES string of the molecule is CC1CN(C(=O)CCNC(=O)c2cccs2)CCC1O. The van der Waals surface area contributed by atoms with E-state index in [0.29, 0.717) is 37.4 Å². The minimum absolute atomic E-state index is 0.0372. The van der Waals surface area contributed by atoms with Gasteiger partial charge in [-0.25, -0.2) is 0 Å². The zero-order valence-electron chi connectivity index (χ0n) is 11.5. The summed E-state index contributed by atoms with van der Waals surface area (Å²) in [6.45, 7) is 3.49. The number of hydrogen-bond acceptors (Lipinski definition) is 4. The number of piperidine rings is 1. The average molecular weight is 296 g/mol. The largest absolute Gasteiger partial charge is 0.393 e. The molecule has 2 N–H and O–H groups in total. The number of carbonyl (C=O) groups excluding carboxylic acids is 2. The highest BCUT2D eigenvalue weighted by molar-refractivity contribution is 7.12. The molecule has 0 aromatic carbocycles. The molecule has 0 bridgehead atoms. The molecule has 1 saturated heterocycles. The lowest BCUT2D eigenvalue weighted by Crippen LogP contribution is -2.45. The highest BCUT2D eigenvalue weighted by Gasteiger charge is 2.26. The van der Waals surface area contributed by atoms with Crippen molar-refractivity contribution < 1.29 is 14.7 Å². The molecule has 1 aliphatic rings. The smallest absolute Gasteiger partial charge is 0.261 e. The predicted octanol–water partition coefficient (Wildman–Crippen LogP) is 1.10. The van der Waals surface area contributed by atoms with Crippen LogP contribution < -0.4 is 5.32 Å². The predicted molar refractivity (Wildman–Crippen MR) is 77.6 cm³/mol. The van der Waals surface area contributed by atoms with Gasteiger partial charge in [-0.15, -0.1) is 11.3 Å². The Labute approximate surface area is 122 Å². The number of likely N-dealkylation sites (tertiary alicyclic amines) is 1. The Morgan fingerprint density at radius 3 is 3.00 bits per heavy atom. The van der Waals surface area contributed by atoms with Crippen LogP contribution in [-0.2, 0) is 4.79 Å². The van der Waals surface area contributed by atoms with Gasteiger partial charge < -0.3 is 15.3 Å². The monoisotopic (exact) mass is 296 g/mol. The van der Waals surface area contributed by atoms with Crippen molar-refractivity contribution in [3.05, 3.63) is 22.4 Å². The van der Waals surface area contributed by atoms with E-state index in [1.54, 1.807) is 11.0 Å². The lowest BCUT2D eigenvalue weighted by molar-refractivity contribution is -0.134. The van der Waals surface area contributed by atoms with Crippen LogP contribution in [0.2, 0.25) is 0 Å². The van der Waals surface area contributed by atoms with Gasteiger partial charge in [0.2, 0.25) is 5.91 Å². The van der Waals surface area contributed by atoms with Crippen molar-refractivity contribution in [1.29, 1.82) is 0 Å². The number of nitrogens with zero attached hydrogens (tertiary/aromatic N) is 1. The van der Waals surface area contributed by atoms with Crippen LogP contribution in [0.25, 0.3) is 0 Å². The van der Waals surface area contributed by atoms with Gasteiger partial charge in [0, 0.05) is 26.1 Å². The Hall–Kier alpha value is -1.40. The Balaban J connectivity index is 1.71. The van der Waals surface area contributed by atoms with Gasteiger partial charge >= 0.3 is 0 Å². The first kappa shape index (κ1) is 15.0. The zero-order chi connectivity index (χ0) is 14.5. The van der Waals surface area contributed by atoms with E-state index in [1.165, 1.54) is 11.3 Å². The van der Waals surface area contributed by atoms with Crippen LogP contribution in [0.15, 0.2) is 17.5 Å². The van der Waals surface area contributed by atoms with Crippen LogP contribution in [0.4, 0.5) is 0 Å².